The first kappa shape index (κ1) is 17.3. The smallest absolute Gasteiger partial charge is 0.408 e. The lowest BCUT2D eigenvalue weighted by molar-refractivity contribution is 0.0656. The van der Waals surface area contributed by atoms with Crippen molar-refractivity contribution in [3.8, 4) is 0 Å². The van der Waals surface area contributed by atoms with Gasteiger partial charge in [-0.1, -0.05) is 48.5 Å². The Morgan fingerprint density at radius 2 is 1.62 bits per heavy atom. The summed E-state index contributed by atoms with van der Waals surface area (Å²) >= 11 is 0. The second-order valence-electron chi connectivity index (χ2n) is 7.19. The van der Waals surface area contributed by atoms with Crippen LogP contribution in [0.1, 0.15) is 27.5 Å². The summed E-state index contributed by atoms with van der Waals surface area (Å²) < 4.78 is 6.84. The number of rotatable bonds is 4. The number of oxazole rings is 1. The number of nitrogen functional groups attached to an aromatic ring is 1. The van der Waals surface area contributed by atoms with E-state index in [0.29, 0.717) is 28.8 Å². The van der Waals surface area contributed by atoms with Gasteiger partial charge in [-0.15, -0.1) is 0 Å². The molecule has 5 rings (SSSR count). The molecule has 0 spiro atoms. The molecule has 29 heavy (non-hydrogen) atoms. The first-order valence-corrected chi connectivity index (χ1v) is 9.45. The van der Waals surface area contributed by atoms with E-state index in [1.54, 1.807) is 11.0 Å². The molecule has 1 atom stereocenters. The maximum atomic E-state index is 13.2. The molecule has 1 aliphatic heterocycles. The third-order valence-electron chi connectivity index (χ3n) is 5.52. The summed E-state index contributed by atoms with van der Waals surface area (Å²) in [6.45, 7) is 0.112. The van der Waals surface area contributed by atoms with Crippen molar-refractivity contribution in [3.05, 3.63) is 100 Å². The molecular weight excluding hydrogens is 366 g/mol. The van der Waals surface area contributed by atoms with Crippen LogP contribution in [-0.4, -0.2) is 15.4 Å². The number of anilines is 1. The van der Waals surface area contributed by atoms with E-state index in [9.17, 15) is 9.59 Å². The lowest BCUT2D eigenvalue weighted by Gasteiger charge is -2.26. The zero-order valence-corrected chi connectivity index (χ0v) is 15.6. The summed E-state index contributed by atoms with van der Waals surface area (Å²) in [5.41, 5.74) is 10.6. The third kappa shape index (κ3) is 2.81. The van der Waals surface area contributed by atoms with Crippen molar-refractivity contribution in [1.29, 1.82) is 0 Å². The molecule has 2 N–H and O–H groups in total. The van der Waals surface area contributed by atoms with Crippen molar-refractivity contribution in [2.75, 3.05) is 5.73 Å². The van der Waals surface area contributed by atoms with E-state index in [2.05, 4.69) is 0 Å². The predicted octanol–water partition coefficient (Wildman–Crippen LogP) is 3.57. The van der Waals surface area contributed by atoms with E-state index in [1.165, 1.54) is 4.57 Å². The lowest BCUT2D eigenvalue weighted by atomic mass is 9.97. The Morgan fingerprint density at radius 3 is 2.48 bits per heavy atom. The van der Waals surface area contributed by atoms with Gasteiger partial charge >= 0.3 is 5.76 Å². The van der Waals surface area contributed by atoms with E-state index in [-0.39, 0.29) is 18.6 Å². The second kappa shape index (κ2) is 6.67. The van der Waals surface area contributed by atoms with E-state index >= 15 is 0 Å². The molecule has 1 aliphatic rings. The normalized spacial score (nSPS) is 15.8. The Hall–Kier alpha value is -3.80. The number of amides is 1. The van der Waals surface area contributed by atoms with E-state index < -0.39 is 5.76 Å². The zero-order chi connectivity index (χ0) is 20.0. The number of carbonyl (C=O) groups is 1. The van der Waals surface area contributed by atoms with Gasteiger partial charge in [0.05, 0.1) is 11.6 Å². The average molecular weight is 385 g/mol. The van der Waals surface area contributed by atoms with Crippen LogP contribution in [0.4, 0.5) is 5.69 Å². The average Bonchev–Trinajstić information content (AvgIpc) is 3.19. The fraction of sp³-hybridized carbons (Fsp3) is 0.130. The van der Waals surface area contributed by atoms with Gasteiger partial charge in [0.15, 0.2) is 5.58 Å². The number of para-hydroxylation sites is 3. The van der Waals surface area contributed by atoms with E-state index in [1.807, 2.05) is 66.7 Å². The maximum absolute atomic E-state index is 13.2. The Morgan fingerprint density at radius 1 is 0.897 bits per heavy atom. The standard InChI is InChI=1S/C23H19N3O3/c24-18-10-4-1-7-15(18)13-20-16-8-2-3-9-17(16)22(27)25(20)14-26-19-11-5-6-12-21(19)29-23(26)28/h1-12,20H,13-14,24H2. The largest absolute Gasteiger partial charge is 0.421 e. The van der Waals surface area contributed by atoms with Gasteiger partial charge in [0.25, 0.3) is 5.91 Å². The summed E-state index contributed by atoms with van der Waals surface area (Å²) in [4.78, 5) is 27.4. The first-order valence-electron chi connectivity index (χ1n) is 9.45. The summed E-state index contributed by atoms with van der Waals surface area (Å²) in [5.74, 6) is -0.579. The molecule has 0 bridgehead atoms. The summed E-state index contributed by atoms with van der Waals surface area (Å²) in [7, 11) is 0. The molecule has 144 valence electrons. The molecule has 0 saturated carbocycles. The van der Waals surface area contributed by atoms with Crippen molar-refractivity contribution in [2.24, 2.45) is 0 Å². The highest BCUT2D eigenvalue weighted by molar-refractivity contribution is 5.99. The molecule has 0 aliphatic carbocycles. The fourth-order valence-electron chi connectivity index (χ4n) is 4.06. The minimum Gasteiger partial charge on any atom is -0.408 e. The van der Waals surface area contributed by atoms with Gasteiger partial charge in [0.1, 0.15) is 6.67 Å². The maximum Gasteiger partial charge on any atom is 0.421 e. The molecule has 1 amide bonds. The van der Waals surface area contributed by atoms with Crippen LogP contribution in [0.5, 0.6) is 0 Å². The molecule has 1 aromatic heterocycles. The van der Waals surface area contributed by atoms with Crippen molar-refractivity contribution < 1.29 is 9.21 Å². The Balaban J connectivity index is 1.58. The number of benzene rings is 3. The van der Waals surface area contributed by atoms with Crippen LogP contribution in [0.2, 0.25) is 0 Å². The summed E-state index contributed by atoms with van der Waals surface area (Å²) in [6, 6.07) is 22.2. The van der Waals surface area contributed by atoms with Crippen molar-refractivity contribution >= 4 is 22.7 Å². The van der Waals surface area contributed by atoms with Crippen LogP contribution >= 0.6 is 0 Å². The molecule has 6 heteroatoms. The van der Waals surface area contributed by atoms with Gasteiger partial charge in [-0.05, 0) is 41.8 Å². The lowest BCUT2D eigenvalue weighted by Crippen LogP contribution is -2.34. The number of hydrogen-bond acceptors (Lipinski definition) is 4. The summed E-state index contributed by atoms with van der Waals surface area (Å²) in [6.07, 6.45) is 0.569. The van der Waals surface area contributed by atoms with Crippen molar-refractivity contribution in [1.82, 2.24) is 9.47 Å². The molecule has 1 unspecified atom stereocenters. The fourth-order valence-corrected chi connectivity index (χ4v) is 4.06. The number of nitrogens with two attached hydrogens (primary N) is 1. The number of nitrogens with zero attached hydrogens (tertiary/aromatic N) is 2. The number of carbonyl (C=O) groups excluding carboxylic acids is 1. The van der Waals surface area contributed by atoms with E-state index in [4.69, 9.17) is 10.2 Å². The highest BCUT2D eigenvalue weighted by Gasteiger charge is 2.37. The Labute approximate surface area is 166 Å². The quantitative estimate of drug-likeness (QED) is 0.545. The van der Waals surface area contributed by atoms with Gasteiger partial charge in [-0.3, -0.25) is 9.36 Å². The highest BCUT2D eigenvalue weighted by Crippen LogP contribution is 2.37. The minimum absolute atomic E-state index is 0.0997. The molecule has 6 nitrogen and oxygen atoms in total. The van der Waals surface area contributed by atoms with Crippen molar-refractivity contribution in [2.45, 2.75) is 19.1 Å². The molecule has 4 aromatic rings. The molecule has 0 saturated heterocycles. The van der Waals surface area contributed by atoms with Crippen LogP contribution < -0.4 is 11.5 Å². The third-order valence-corrected chi connectivity index (χ3v) is 5.52. The number of fused-ring (bicyclic) bond motifs is 2. The Bertz CT molecular complexity index is 1290. The van der Waals surface area contributed by atoms with Gasteiger partial charge in [0.2, 0.25) is 0 Å². The molecule has 0 radical (unpaired) electrons. The van der Waals surface area contributed by atoms with Crippen molar-refractivity contribution in [3.63, 3.8) is 0 Å². The van der Waals surface area contributed by atoms with Crippen LogP contribution in [0.15, 0.2) is 82.0 Å². The minimum atomic E-state index is -0.479. The van der Waals surface area contributed by atoms with Crippen LogP contribution in [0, 0.1) is 0 Å². The molecule has 2 heterocycles. The van der Waals surface area contributed by atoms with Gasteiger partial charge in [-0.2, -0.15) is 0 Å². The second-order valence-corrected chi connectivity index (χ2v) is 7.19. The van der Waals surface area contributed by atoms with Gasteiger partial charge in [0, 0.05) is 11.3 Å². The molecule has 3 aromatic carbocycles. The Kier molecular flexibility index (Phi) is 3.98. The van der Waals surface area contributed by atoms with Crippen LogP contribution in [0.3, 0.4) is 0 Å². The highest BCUT2D eigenvalue weighted by atomic mass is 16.4. The topological polar surface area (TPSA) is 81.5 Å². The first-order chi connectivity index (χ1) is 14.1. The zero-order valence-electron chi connectivity index (χ0n) is 15.6. The number of aromatic nitrogens is 1. The summed E-state index contributed by atoms with van der Waals surface area (Å²) in [5, 5.41) is 0. The number of hydrogen-bond donors (Lipinski definition) is 1. The van der Waals surface area contributed by atoms with Crippen LogP contribution in [-0.2, 0) is 13.1 Å². The monoisotopic (exact) mass is 385 g/mol. The van der Waals surface area contributed by atoms with Crippen LogP contribution in [0.25, 0.3) is 11.1 Å². The molecular formula is C23H19N3O3. The SMILES string of the molecule is Nc1ccccc1CC1c2ccccc2C(=O)N1Cn1c(=O)oc2ccccc21. The van der Waals surface area contributed by atoms with Gasteiger partial charge < -0.3 is 15.1 Å². The van der Waals surface area contributed by atoms with Gasteiger partial charge in [-0.25, -0.2) is 4.79 Å². The predicted molar refractivity (Wildman–Crippen MR) is 110 cm³/mol. The van der Waals surface area contributed by atoms with E-state index in [0.717, 1.165) is 11.1 Å². The molecule has 0 fully saturated rings.